The molecule has 106 valence electrons. The lowest BCUT2D eigenvalue weighted by atomic mass is 10.0. The van der Waals surface area contributed by atoms with E-state index in [2.05, 4.69) is 0 Å². The van der Waals surface area contributed by atoms with Crippen LogP contribution in [0, 0.1) is 11.6 Å². The fourth-order valence-corrected chi connectivity index (χ4v) is 2.51. The first kappa shape index (κ1) is 15.9. The predicted molar refractivity (Wildman–Crippen MR) is 70.9 cm³/mol. The van der Waals surface area contributed by atoms with Crippen LogP contribution in [0.15, 0.2) is 23.1 Å². The fraction of sp³-hybridized carbons (Fsp3) is 0.462. The maximum atomic E-state index is 13.4. The molecule has 0 aliphatic rings. The van der Waals surface area contributed by atoms with Crippen molar-refractivity contribution < 1.29 is 18.3 Å². The average Bonchev–Trinajstić information content (AvgIpc) is 2.33. The molecule has 0 fully saturated rings. The number of thioether (sulfide) groups is 1. The zero-order chi connectivity index (χ0) is 14.5. The van der Waals surface area contributed by atoms with Gasteiger partial charge in [0.15, 0.2) is 0 Å². The number of rotatable bonds is 6. The Labute approximate surface area is 115 Å². The van der Waals surface area contributed by atoms with Crippen molar-refractivity contribution in [3.05, 3.63) is 29.8 Å². The number of nitrogens with two attached hydrogens (primary N) is 1. The van der Waals surface area contributed by atoms with Crippen molar-refractivity contribution in [2.24, 2.45) is 5.73 Å². The molecular weight excluding hydrogens is 272 g/mol. The van der Waals surface area contributed by atoms with Gasteiger partial charge in [-0.1, -0.05) is 0 Å². The van der Waals surface area contributed by atoms with Crippen LogP contribution in [0.25, 0.3) is 0 Å². The number of hydrogen-bond acceptors (Lipinski definition) is 4. The van der Waals surface area contributed by atoms with Crippen molar-refractivity contribution in [1.82, 2.24) is 0 Å². The monoisotopic (exact) mass is 289 g/mol. The summed E-state index contributed by atoms with van der Waals surface area (Å²) in [7, 11) is 0. The van der Waals surface area contributed by atoms with Gasteiger partial charge in [-0.2, -0.15) is 0 Å². The molecule has 0 saturated carbocycles. The van der Waals surface area contributed by atoms with Gasteiger partial charge >= 0.3 is 5.97 Å². The normalized spacial score (nSPS) is 13.9. The number of ether oxygens (including phenoxy) is 1. The summed E-state index contributed by atoms with van der Waals surface area (Å²) in [5.74, 6) is -1.08. The number of esters is 1. The highest BCUT2D eigenvalue weighted by molar-refractivity contribution is 7.99. The highest BCUT2D eigenvalue weighted by Crippen LogP contribution is 2.25. The molecule has 1 aromatic rings. The molecule has 1 aromatic carbocycles. The molecule has 0 aliphatic heterocycles. The molecular formula is C13H17F2NO2S. The highest BCUT2D eigenvalue weighted by atomic mass is 32.2. The maximum absolute atomic E-state index is 13.4. The Hall–Kier alpha value is -1.14. The Morgan fingerprint density at radius 2 is 2.16 bits per heavy atom. The quantitative estimate of drug-likeness (QED) is 0.646. The summed E-state index contributed by atoms with van der Waals surface area (Å²) in [5.41, 5.74) is 4.70. The molecule has 6 heteroatoms. The lowest BCUT2D eigenvalue weighted by Crippen LogP contribution is -2.46. The van der Waals surface area contributed by atoms with Crippen molar-refractivity contribution in [2.75, 3.05) is 12.4 Å². The first-order valence-electron chi connectivity index (χ1n) is 5.91. The summed E-state index contributed by atoms with van der Waals surface area (Å²) in [5, 5.41) is 0. The molecule has 0 radical (unpaired) electrons. The topological polar surface area (TPSA) is 52.3 Å². The van der Waals surface area contributed by atoms with Gasteiger partial charge in [0.05, 0.1) is 6.61 Å². The maximum Gasteiger partial charge on any atom is 0.325 e. The molecule has 0 aliphatic carbocycles. The fourth-order valence-electron chi connectivity index (χ4n) is 1.36. The van der Waals surface area contributed by atoms with Gasteiger partial charge in [-0.25, -0.2) is 8.78 Å². The average molecular weight is 289 g/mol. The van der Waals surface area contributed by atoms with Crippen LogP contribution in [0.4, 0.5) is 8.78 Å². The van der Waals surface area contributed by atoms with E-state index in [4.69, 9.17) is 10.5 Å². The summed E-state index contributed by atoms with van der Waals surface area (Å²) in [6, 6.07) is 3.26. The third-order valence-corrected chi connectivity index (χ3v) is 3.55. The SMILES string of the molecule is CCOC(=O)C(C)(N)CCSc1cc(F)ccc1F. The molecule has 0 amide bonds. The lowest BCUT2D eigenvalue weighted by Gasteiger charge is -2.21. The van der Waals surface area contributed by atoms with Gasteiger partial charge in [-0.15, -0.1) is 11.8 Å². The lowest BCUT2D eigenvalue weighted by molar-refractivity contribution is -0.149. The van der Waals surface area contributed by atoms with Gasteiger partial charge in [0, 0.05) is 10.6 Å². The minimum Gasteiger partial charge on any atom is -0.465 e. The van der Waals surface area contributed by atoms with Crippen LogP contribution in [-0.4, -0.2) is 23.9 Å². The standard InChI is InChI=1S/C13H17F2NO2S/c1-3-18-12(17)13(2,16)6-7-19-11-8-9(14)4-5-10(11)15/h4-5,8H,3,6-7,16H2,1-2H3. The molecule has 1 rings (SSSR count). The van der Waals surface area contributed by atoms with Crippen LogP contribution in [0.3, 0.4) is 0 Å². The molecule has 0 aromatic heterocycles. The first-order chi connectivity index (χ1) is 8.86. The second kappa shape index (κ2) is 6.86. The van der Waals surface area contributed by atoms with Crippen LogP contribution in [0.2, 0.25) is 0 Å². The molecule has 0 saturated heterocycles. The van der Waals surface area contributed by atoms with Crippen LogP contribution in [0.1, 0.15) is 20.3 Å². The molecule has 3 nitrogen and oxygen atoms in total. The molecule has 1 unspecified atom stereocenters. The number of halogens is 2. The Morgan fingerprint density at radius 3 is 2.79 bits per heavy atom. The van der Waals surface area contributed by atoms with Gasteiger partial charge in [0.2, 0.25) is 0 Å². The summed E-state index contributed by atoms with van der Waals surface area (Å²) < 4.78 is 31.2. The number of benzene rings is 1. The van der Waals surface area contributed by atoms with Gasteiger partial charge in [-0.05, 0) is 38.5 Å². The molecule has 0 heterocycles. The van der Waals surface area contributed by atoms with E-state index in [9.17, 15) is 13.6 Å². The Kier molecular flexibility index (Phi) is 5.75. The first-order valence-corrected chi connectivity index (χ1v) is 6.89. The van der Waals surface area contributed by atoms with Crippen LogP contribution in [-0.2, 0) is 9.53 Å². The zero-order valence-corrected chi connectivity index (χ0v) is 11.7. The van der Waals surface area contributed by atoms with Crippen molar-refractivity contribution in [3.63, 3.8) is 0 Å². The Morgan fingerprint density at radius 1 is 1.47 bits per heavy atom. The van der Waals surface area contributed by atoms with E-state index < -0.39 is 23.1 Å². The van der Waals surface area contributed by atoms with E-state index in [-0.39, 0.29) is 11.5 Å². The minimum atomic E-state index is -1.12. The number of carbonyl (C=O) groups is 1. The van der Waals surface area contributed by atoms with Crippen LogP contribution >= 0.6 is 11.8 Å². The Balaban J connectivity index is 2.54. The second-order valence-corrected chi connectivity index (χ2v) is 5.45. The molecule has 0 bridgehead atoms. The van der Waals surface area contributed by atoms with Gasteiger partial charge < -0.3 is 10.5 Å². The van der Waals surface area contributed by atoms with Gasteiger partial charge in [0.25, 0.3) is 0 Å². The van der Waals surface area contributed by atoms with E-state index in [1.165, 1.54) is 0 Å². The van der Waals surface area contributed by atoms with Crippen molar-refractivity contribution >= 4 is 17.7 Å². The van der Waals surface area contributed by atoms with E-state index >= 15 is 0 Å². The molecule has 2 N–H and O–H groups in total. The van der Waals surface area contributed by atoms with Gasteiger partial charge in [-0.3, -0.25) is 4.79 Å². The van der Waals surface area contributed by atoms with E-state index in [0.29, 0.717) is 12.2 Å². The smallest absolute Gasteiger partial charge is 0.325 e. The number of carbonyl (C=O) groups excluding carboxylic acids is 1. The summed E-state index contributed by atoms with van der Waals surface area (Å²) in [4.78, 5) is 11.7. The largest absolute Gasteiger partial charge is 0.465 e. The molecule has 19 heavy (non-hydrogen) atoms. The third-order valence-electron chi connectivity index (χ3n) is 2.51. The van der Waals surface area contributed by atoms with Crippen LogP contribution < -0.4 is 5.73 Å². The highest BCUT2D eigenvalue weighted by Gasteiger charge is 2.29. The summed E-state index contributed by atoms with van der Waals surface area (Å²) >= 11 is 1.12. The van der Waals surface area contributed by atoms with E-state index in [1.54, 1.807) is 13.8 Å². The Bertz CT molecular complexity index is 452. The predicted octanol–water partition coefficient (Wildman–Crippen LogP) is 2.73. The van der Waals surface area contributed by atoms with Crippen molar-refractivity contribution in [1.29, 1.82) is 0 Å². The third kappa shape index (κ3) is 4.80. The zero-order valence-electron chi connectivity index (χ0n) is 10.9. The second-order valence-electron chi connectivity index (χ2n) is 4.31. The van der Waals surface area contributed by atoms with E-state index in [0.717, 1.165) is 30.0 Å². The minimum absolute atomic E-state index is 0.208. The molecule has 1 atom stereocenters. The summed E-state index contributed by atoms with van der Waals surface area (Å²) in [6.45, 7) is 3.52. The van der Waals surface area contributed by atoms with E-state index in [1.807, 2.05) is 0 Å². The molecule has 0 spiro atoms. The summed E-state index contributed by atoms with van der Waals surface area (Å²) in [6.07, 6.45) is 0.312. The van der Waals surface area contributed by atoms with Crippen molar-refractivity contribution in [3.8, 4) is 0 Å². The number of hydrogen-bond donors (Lipinski definition) is 1. The van der Waals surface area contributed by atoms with Gasteiger partial charge in [0.1, 0.15) is 17.2 Å². The van der Waals surface area contributed by atoms with Crippen LogP contribution in [0.5, 0.6) is 0 Å². The van der Waals surface area contributed by atoms with Crippen molar-refractivity contribution in [2.45, 2.75) is 30.7 Å².